The zero-order chi connectivity index (χ0) is 43.4. The number of terminal acetylenes is 1. The van der Waals surface area contributed by atoms with Crippen LogP contribution < -0.4 is 19.1 Å². The molecule has 0 spiro atoms. The van der Waals surface area contributed by atoms with E-state index in [-0.39, 0.29) is 90.2 Å². The molecule has 4 aromatic rings. The number of nitrogens with zero attached hydrogens (tertiary/aromatic N) is 6. The summed E-state index contributed by atoms with van der Waals surface area (Å²) in [5, 5.41) is 0.910. The van der Waals surface area contributed by atoms with Gasteiger partial charge in [-0.2, -0.15) is 18.4 Å². The van der Waals surface area contributed by atoms with Crippen molar-refractivity contribution in [1.29, 1.82) is 0 Å². The number of rotatable bonds is 11. The van der Waals surface area contributed by atoms with E-state index in [2.05, 4.69) is 10.8 Å². The summed E-state index contributed by atoms with van der Waals surface area (Å²) in [6, 6.07) is 4.95. The Morgan fingerprint density at radius 1 is 1.08 bits per heavy atom. The third-order valence-corrected chi connectivity index (χ3v) is 12.5. The van der Waals surface area contributed by atoms with Gasteiger partial charge in [0.05, 0.1) is 36.0 Å². The summed E-state index contributed by atoms with van der Waals surface area (Å²) in [5.41, 5.74) is -1.49. The van der Waals surface area contributed by atoms with Crippen LogP contribution in [0.4, 0.5) is 19.4 Å². The van der Waals surface area contributed by atoms with E-state index in [1.165, 1.54) is 25.3 Å². The number of hydrogen-bond donors (Lipinski definition) is 0. The molecule has 4 aliphatic heterocycles. The normalized spacial score (nSPS) is 22.7. The number of carbonyl (C=O) groups is 1. The molecular weight excluding hydrogens is 815 g/mol. The fourth-order valence-electron chi connectivity index (χ4n) is 9.22. The highest BCUT2D eigenvalue weighted by Crippen LogP contribution is 2.46. The maximum Gasteiger partial charge on any atom is 0.410 e. The van der Waals surface area contributed by atoms with Gasteiger partial charge < -0.3 is 33.5 Å². The Balaban J connectivity index is 1.26. The predicted molar refractivity (Wildman–Crippen MR) is 222 cm³/mol. The first-order chi connectivity index (χ1) is 29.0. The number of hydrogen-bond acceptors (Lipinski definition) is 14. The molecule has 4 aliphatic rings. The molecule has 61 heavy (non-hydrogen) atoms. The van der Waals surface area contributed by atoms with Crippen molar-refractivity contribution < 1.29 is 49.9 Å². The van der Waals surface area contributed by atoms with Crippen LogP contribution in [0.15, 0.2) is 24.3 Å². The smallest absolute Gasteiger partial charge is 0.410 e. The quantitative estimate of drug-likeness (QED) is 0.0978. The lowest BCUT2D eigenvalue weighted by molar-refractivity contribution is 0.00831. The van der Waals surface area contributed by atoms with E-state index >= 15 is 8.78 Å². The van der Waals surface area contributed by atoms with Gasteiger partial charge in [-0.25, -0.2) is 18.6 Å². The maximum absolute atomic E-state index is 17.7. The van der Waals surface area contributed by atoms with Gasteiger partial charge in [-0.15, -0.1) is 6.42 Å². The molecule has 2 aromatic carbocycles. The van der Waals surface area contributed by atoms with Crippen molar-refractivity contribution in [1.82, 2.24) is 24.8 Å². The number of ether oxygens (including phenoxy) is 5. The van der Waals surface area contributed by atoms with Crippen molar-refractivity contribution in [3.63, 3.8) is 0 Å². The first-order valence-electron chi connectivity index (χ1n) is 20.4. The number of anilines is 1. The summed E-state index contributed by atoms with van der Waals surface area (Å²) in [6.07, 6.45) is 10.1. The average Bonchev–Trinajstić information content (AvgIpc) is 3.74. The minimum Gasteiger partial charge on any atom is -0.475 e. The molecule has 0 bridgehead atoms. The van der Waals surface area contributed by atoms with Gasteiger partial charge in [0.1, 0.15) is 52.8 Å². The van der Waals surface area contributed by atoms with E-state index in [1.54, 1.807) is 11.0 Å². The van der Waals surface area contributed by atoms with Crippen LogP contribution in [-0.4, -0.2) is 128 Å². The monoisotopic (exact) mass is 864 g/mol. The molecule has 0 aliphatic carbocycles. The molecule has 8 rings (SSSR count). The van der Waals surface area contributed by atoms with E-state index in [4.69, 9.17) is 49.2 Å². The first-order valence-corrected chi connectivity index (χ1v) is 22.2. The molecule has 18 heteroatoms. The van der Waals surface area contributed by atoms with Crippen molar-refractivity contribution in [2.24, 2.45) is 0 Å². The van der Waals surface area contributed by atoms with E-state index in [0.717, 1.165) is 32.1 Å². The van der Waals surface area contributed by atoms with E-state index in [0.29, 0.717) is 36.3 Å². The molecule has 2 aromatic heterocycles. The van der Waals surface area contributed by atoms with Gasteiger partial charge >= 0.3 is 12.1 Å². The fourth-order valence-corrected chi connectivity index (χ4v) is 9.62. The Hall–Kier alpha value is -5.09. The lowest BCUT2D eigenvalue weighted by Crippen LogP contribution is -2.62. The molecule has 15 nitrogen and oxygen atoms in total. The Bertz CT molecular complexity index is 2530. The lowest BCUT2D eigenvalue weighted by Gasteiger charge is -2.45. The van der Waals surface area contributed by atoms with Crippen LogP contribution in [0, 0.1) is 24.0 Å². The summed E-state index contributed by atoms with van der Waals surface area (Å²) in [6.45, 7) is 8.78. The van der Waals surface area contributed by atoms with Gasteiger partial charge in [-0.3, -0.25) is 9.08 Å². The van der Waals surface area contributed by atoms with Crippen molar-refractivity contribution in [3.8, 4) is 41.2 Å². The predicted octanol–water partition coefficient (Wildman–Crippen LogP) is 6.04. The Labute approximate surface area is 353 Å². The van der Waals surface area contributed by atoms with E-state index in [9.17, 15) is 13.2 Å². The molecule has 0 N–H and O–H groups in total. The second-order valence-electron chi connectivity index (χ2n) is 17.1. The molecule has 4 atom stereocenters. The summed E-state index contributed by atoms with van der Waals surface area (Å²) >= 11 is 0. The van der Waals surface area contributed by atoms with Crippen LogP contribution in [0.1, 0.15) is 65.4 Å². The SMILES string of the molecule is C#Cc1c(F)ccc2cc(OCOC)cc(-c3nc4c5c(nc(OC[C@@]67CCCN6[C@H](COS(C)(=O)=O)CC7)nc5c3F)N3C[C@@H](CC)N(C(=O)OC(C)(C)C)C[C@H]3CO4)c12. The number of fused-ring (bicyclic) bond motifs is 4. The van der Waals surface area contributed by atoms with Gasteiger partial charge in [0.25, 0.3) is 10.1 Å². The number of halogens is 2. The van der Waals surface area contributed by atoms with Crippen molar-refractivity contribution in [3.05, 3.63) is 41.5 Å². The van der Waals surface area contributed by atoms with Gasteiger partial charge in [-0.1, -0.05) is 18.9 Å². The standard InChI is InChI=1S/C43H50F2N6O9S/c1-8-26-19-49-28(20-50(26)41(52)60-42(3,4)5)21-56-39-34-37(35(45)36(46-39)31-18-29(58-24-55-6)17-25-11-12-32(44)30(9-2)33(25)31)47-40(48-38(34)49)57-23-43-14-10-16-51(43)27(13-15-43)22-59-61(7,53)54/h2,11-12,17-18,26-28H,8,10,13-16,19-24H2,1,3-7H3/t26-,27+,28+,43+/m1/s1. The zero-order valence-electron chi connectivity index (χ0n) is 35.1. The second-order valence-corrected chi connectivity index (χ2v) is 18.8. The Kier molecular flexibility index (Phi) is 11.4. The number of benzene rings is 2. The van der Waals surface area contributed by atoms with Crippen LogP contribution in [0.5, 0.6) is 17.6 Å². The molecule has 0 unspecified atom stereocenters. The molecule has 3 saturated heterocycles. The minimum absolute atomic E-state index is 0.0271. The summed E-state index contributed by atoms with van der Waals surface area (Å²) < 4.78 is 91.7. The highest BCUT2D eigenvalue weighted by Gasteiger charge is 2.50. The summed E-state index contributed by atoms with van der Waals surface area (Å²) in [4.78, 5) is 34.0. The van der Waals surface area contributed by atoms with Crippen molar-refractivity contribution >= 4 is 43.7 Å². The minimum atomic E-state index is -3.63. The van der Waals surface area contributed by atoms with Gasteiger partial charge in [-0.05, 0) is 83.0 Å². The van der Waals surface area contributed by atoms with Crippen LogP contribution in [0.3, 0.4) is 0 Å². The van der Waals surface area contributed by atoms with Crippen LogP contribution in [0.25, 0.3) is 32.9 Å². The fraction of sp³-hybridized carbons (Fsp3) is 0.535. The Morgan fingerprint density at radius 2 is 1.89 bits per heavy atom. The third kappa shape index (κ3) is 8.20. The molecule has 3 fully saturated rings. The molecule has 6 heterocycles. The molecule has 1 amide bonds. The molecule has 0 saturated carbocycles. The number of piperazine rings is 1. The second kappa shape index (κ2) is 16.3. The molecule has 326 valence electrons. The van der Waals surface area contributed by atoms with Gasteiger partial charge in [0.2, 0.25) is 5.88 Å². The highest BCUT2D eigenvalue weighted by molar-refractivity contribution is 7.85. The van der Waals surface area contributed by atoms with E-state index in [1.807, 2.05) is 32.6 Å². The van der Waals surface area contributed by atoms with Gasteiger partial charge in [0.15, 0.2) is 12.6 Å². The topological polar surface area (TPSA) is 155 Å². The zero-order valence-corrected chi connectivity index (χ0v) is 35.9. The number of pyridine rings is 1. The van der Waals surface area contributed by atoms with Crippen LogP contribution in [0.2, 0.25) is 0 Å². The van der Waals surface area contributed by atoms with E-state index < -0.39 is 45.0 Å². The number of amides is 1. The Morgan fingerprint density at radius 3 is 2.61 bits per heavy atom. The third-order valence-electron chi connectivity index (χ3n) is 12.0. The van der Waals surface area contributed by atoms with Gasteiger partial charge in [0, 0.05) is 37.2 Å². The summed E-state index contributed by atoms with van der Waals surface area (Å²) in [5.74, 6) is 1.54. The first kappa shape index (κ1) is 42.6. The molecule has 0 radical (unpaired) electrons. The number of aromatic nitrogens is 3. The summed E-state index contributed by atoms with van der Waals surface area (Å²) in [7, 11) is -2.17. The van der Waals surface area contributed by atoms with Crippen molar-refractivity contribution in [2.75, 3.05) is 64.5 Å². The maximum atomic E-state index is 17.7. The van der Waals surface area contributed by atoms with Crippen LogP contribution >= 0.6 is 0 Å². The molecular formula is C43H50F2N6O9S. The van der Waals surface area contributed by atoms with Crippen molar-refractivity contribution in [2.45, 2.75) is 89.1 Å². The lowest BCUT2D eigenvalue weighted by atomic mass is 9.95. The number of carbonyl (C=O) groups excluding carboxylic acids is 1. The highest BCUT2D eigenvalue weighted by atomic mass is 32.2. The average molecular weight is 865 g/mol. The largest absolute Gasteiger partial charge is 0.475 e. The number of methoxy groups -OCH3 is 1. The van der Waals surface area contributed by atoms with Crippen LogP contribution in [-0.2, 0) is 23.8 Å².